The van der Waals surface area contributed by atoms with E-state index in [-0.39, 0.29) is 0 Å². The second-order valence-corrected chi connectivity index (χ2v) is 10.8. The van der Waals surface area contributed by atoms with Crippen molar-refractivity contribution < 1.29 is 9.47 Å². The van der Waals surface area contributed by atoms with E-state index in [1.807, 2.05) is 60.3 Å². The number of hydrogen-bond acceptors (Lipinski definition) is 6. The maximum absolute atomic E-state index is 6.82. The van der Waals surface area contributed by atoms with Crippen molar-refractivity contribution in [3.63, 3.8) is 0 Å². The van der Waals surface area contributed by atoms with Crippen LogP contribution in [0, 0.1) is 0 Å². The molecule has 6 rings (SSSR count). The molecule has 3 heterocycles. The molecule has 8 nitrogen and oxygen atoms in total. The van der Waals surface area contributed by atoms with Gasteiger partial charge >= 0.3 is 0 Å². The number of hydrogen-bond donors (Lipinski definition) is 0. The number of tetrazole rings is 1. The molecule has 1 unspecified atom stereocenters. The van der Waals surface area contributed by atoms with Gasteiger partial charge < -0.3 is 14.0 Å². The van der Waals surface area contributed by atoms with Crippen LogP contribution >= 0.6 is 23.2 Å². The van der Waals surface area contributed by atoms with Crippen LogP contribution < -0.4 is 0 Å². The Morgan fingerprint density at radius 3 is 2.46 bits per heavy atom. The Labute approximate surface area is 247 Å². The summed E-state index contributed by atoms with van der Waals surface area (Å²) in [6.45, 7) is 0.785. The van der Waals surface area contributed by atoms with Crippen molar-refractivity contribution in [1.82, 2.24) is 29.6 Å². The van der Waals surface area contributed by atoms with Gasteiger partial charge in [0.1, 0.15) is 0 Å². The summed E-state index contributed by atoms with van der Waals surface area (Å²) in [6, 6.07) is 24.1. The van der Waals surface area contributed by atoms with Gasteiger partial charge in [-0.2, -0.15) is 4.52 Å². The zero-order valence-electron chi connectivity index (χ0n) is 22.7. The van der Waals surface area contributed by atoms with Crippen LogP contribution in [0.2, 0.25) is 10.0 Å². The SMILES string of the molecule is COCCOC(c1ccc(Cl)cc1)(c1ccc2c(c1)c(CCc1cccc(Cl)c1)cc1nnnn12)c1cncn1C. The second-order valence-electron chi connectivity index (χ2n) is 9.90. The lowest BCUT2D eigenvalue weighted by molar-refractivity contribution is -0.0185. The van der Waals surface area contributed by atoms with Gasteiger partial charge in [0.2, 0.25) is 0 Å². The molecule has 0 bridgehead atoms. The minimum absolute atomic E-state index is 0.357. The third kappa shape index (κ3) is 5.20. The van der Waals surface area contributed by atoms with Crippen LogP contribution in [0.1, 0.15) is 27.9 Å². The molecule has 208 valence electrons. The van der Waals surface area contributed by atoms with Crippen molar-refractivity contribution in [3.8, 4) is 0 Å². The molecule has 41 heavy (non-hydrogen) atoms. The molecule has 0 fully saturated rings. The maximum Gasteiger partial charge on any atom is 0.180 e. The van der Waals surface area contributed by atoms with Gasteiger partial charge in [0.15, 0.2) is 11.2 Å². The summed E-state index contributed by atoms with van der Waals surface area (Å²) in [5.74, 6) is 0. The molecule has 0 aliphatic carbocycles. The van der Waals surface area contributed by atoms with Gasteiger partial charge in [0, 0.05) is 29.6 Å². The Morgan fingerprint density at radius 1 is 0.878 bits per heavy atom. The molecule has 3 aromatic carbocycles. The number of benzene rings is 3. The van der Waals surface area contributed by atoms with E-state index in [1.165, 1.54) is 0 Å². The van der Waals surface area contributed by atoms with Crippen molar-refractivity contribution in [2.45, 2.75) is 18.4 Å². The number of imidazole rings is 1. The Morgan fingerprint density at radius 2 is 1.71 bits per heavy atom. The van der Waals surface area contributed by atoms with E-state index in [4.69, 9.17) is 32.7 Å². The number of nitrogens with zero attached hydrogens (tertiary/aromatic N) is 6. The van der Waals surface area contributed by atoms with Gasteiger partial charge in [0.05, 0.1) is 36.9 Å². The number of fused-ring (bicyclic) bond motifs is 3. The molecular weight excluding hydrogens is 559 g/mol. The average molecular weight is 588 g/mol. The summed E-state index contributed by atoms with van der Waals surface area (Å²) in [5, 5.41) is 14.8. The van der Waals surface area contributed by atoms with Crippen molar-refractivity contribution >= 4 is 39.8 Å². The fourth-order valence-electron chi connectivity index (χ4n) is 5.43. The molecule has 0 aliphatic heterocycles. The van der Waals surface area contributed by atoms with Crippen LogP contribution in [0.15, 0.2) is 85.3 Å². The van der Waals surface area contributed by atoms with Crippen LogP contribution in [0.25, 0.3) is 16.6 Å². The fourth-order valence-corrected chi connectivity index (χ4v) is 5.77. The smallest absolute Gasteiger partial charge is 0.180 e. The van der Waals surface area contributed by atoms with Crippen molar-refractivity contribution in [1.29, 1.82) is 0 Å². The van der Waals surface area contributed by atoms with Crippen LogP contribution in [-0.4, -0.2) is 49.9 Å². The third-order valence-corrected chi connectivity index (χ3v) is 7.87. The zero-order chi connectivity index (χ0) is 28.4. The predicted octanol–water partition coefficient (Wildman–Crippen LogP) is 6.06. The number of methoxy groups -OCH3 is 1. The molecule has 6 aromatic rings. The lowest BCUT2D eigenvalue weighted by Gasteiger charge is -2.35. The summed E-state index contributed by atoms with van der Waals surface area (Å²) in [5.41, 5.74) is 5.61. The average Bonchev–Trinajstić information content (AvgIpc) is 3.64. The molecular formula is C31H28Cl2N6O2. The Kier molecular flexibility index (Phi) is 7.73. The summed E-state index contributed by atoms with van der Waals surface area (Å²) < 4.78 is 16.0. The first kappa shape index (κ1) is 27.4. The number of ether oxygens (including phenoxy) is 2. The summed E-state index contributed by atoms with van der Waals surface area (Å²) >= 11 is 12.6. The second kappa shape index (κ2) is 11.6. The first-order chi connectivity index (χ1) is 20.0. The van der Waals surface area contributed by atoms with E-state index in [0.29, 0.717) is 23.9 Å². The molecule has 0 radical (unpaired) electrons. The normalized spacial score (nSPS) is 13.2. The monoisotopic (exact) mass is 586 g/mol. The quantitative estimate of drug-likeness (QED) is 0.182. The number of halogens is 2. The predicted molar refractivity (Wildman–Crippen MR) is 160 cm³/mol. The summed E-state index contributed by atoms with van der Waals surface area (Å²) in [7, 11) is 3.63. The fraction of sp³-hybridized carbons (Fsp3) is 0.226. The third-order valence-electron chi connectivity index (χ3n) is 7.38. The highest BCUT2D eigenvalue weighted by atomic mass is 35.5. The van der Waals surface area contributed by atoms with Crippen molar-refractivity contribution in [2.75, 3.05) is 20.3 Å². The molecule has 1 atom stereocenters. The number of pyridine rings is 1. The Hall–Kier alpha value is -3.82. The van der Waals surface area contributed by atoms with E-state index in [9.17, 15) is 0 Å². The van der Waals surface area contributed by atoms with Crippen molar-refractivity contribution in [3.05, 3.63) is 123 Å². The lowest BCUT2D eigenvalue weighted by Crippen LogP contribution is -2.36. The molecule has 0 aliphatic rings. The zero-order valence-corrected chi connectivity index (χ0v) is 24.2. The highest BCUT2D eigenvalue weighted by Gasteiger charge is 2.40. The minimum Gasteiger partial charge on any atom is -0.382 e. The first-order valence-electron chi connectivity index (χ1n) is 13.2. The number of rotatable bonds is 10. The van der Waals surface area contributed by atoms with Gasteiger partial charge in [-0.3, -0.25) is 0 Å². The Balaban J connectivity index is 1.57. The van der Waals surface area contributed by atoms with E-state index >= 15 is 0 Å². The molecule has 0 N–H and O–H groups in total. The first-order valence-corrected chi connectivity index (χ1v) is 14.0. The van der Waals surface area contributed by atoms with Crippen LogP contribution in [0.3, 0.4) is 0 Å². The minimum atomic E-state index is -0.998. The van der Waals surface area contributed by atoms with Gasteiger partial charge in [-0.1, -0.05) is 53.5 Å². The summed E-state index contributed by atoms with van der Waals surface area (Å²) in [4.78, 5) is 4.45. The van der Waals surface area contributed by atoms with Crippen LogP contribution in [0.5, 0.6) is 0 Å². The summed E-state index contributed by atoms with van der Waals surface area (Å²) in [6.07, 6.45) is 5.21. The van der Waals surface area contributed by atoms with Gasteiger partial charge in [0.25, 0.3) is 0 Å². The highest BCUT2D eigenvalue weighted by Crippen LogP contribution is 2.42. The van der Waals surface area contributed by atoms with E-state index < -0.39 is 5.60 Å². The largest absolute Gasteiger partial charge is 0.382 e. The molecule has 0 saturated heterocycles. The number of aryl methyl sites for hydroxylation is 3. The molecule has 0 amide bonds. The molecule has 0 saturated carbocycles. The molecule has 0 spiro atoms. The van der Waals surface area contributed by atoms with E-state index in [2.05, 4.69) is 50.8 Å². The van der Waals surface area contributed by atoms with Gasteiger partial charge in [-0.25, -0.2) is 4.98 Å². The van der Waals surface area contributed by atoms with Crippen LogP contribution in [0.4, 0.5) is 0 Å². The van der Waals surface area contributed by atoms with Crippen LogP contribution in [-0.2, 0) is 35.0 Å². The molecule has 3 aromatic heterocycles. The highest BCUT2D eigenvalue weighted by molar-refractivity contribution is 6.30. The lowest BCUT2D eigenvalue weighted by atomic mass is 9.82. The van der Waals surface area contributed by atoms with E-state index in [0.717, 1.165) is 56.7 Å². The van der Waals surface area contributed by atoms with E-state index in [1.54, 1.807) is 18.0 Å². The standard InChI is InChI=1S/C31H28Cl2N6O2/c1-38-20-34-19-29(38)31(41-15-14-40-2,23-8-11-25(32)12-9-23)24-10-13-28-27(18-24)22(17-30-35-36-37-39(28)30)7-6-21-4-3-5-26(33)16-21/h3-5,8-13,16-20H,6-7,14-15H2,1-2H3. The topological polar surface area (TPSA) is 79.4 Å². The Bertz CT molecular complexity index is 1820. The van der Waals surface area contributed by atoms with Gasteiger partial charge in [-0.05, 0) is 88.0 Å². The maximum atomic E-state index is 6.82. The van der Waals surface area contributed by atoms with Gasteiger partial charge in [-0.15, -0.1) is 5.10 Å². The van der Waals surface area contributed by atoms with Crippen molar-refractivity contribution in [2.24, 2.45) is 7.05 Å². The molecule has 10 heteroatoms. The number of aromatic nitrogens is 6.